The quantitative estimate of drug-likeness (QED) is 0.604. The number of carbonyl (C=O) groups is 1. The van der Waals surface area contributed by atoms with Gasteiger partial charge in [-0.1, -0.05) is 60.4 Å². The summed E-state index contributed by atoms with van der Waals surface area (Å²) in [6.07, 6.45) is 2.45. The van der Waals surface area contributed by atoms with E-state index in [1.165, 1.54) is 23.1 Å². The van der Waals surface area contributed by atoms with Gasteiger partial charge in [0.2, 0.25) is 16.9 Å². The maximum absolute atomic E-state index is 12.0. The number of benzene rings is 1. The van der Waals surface area contributed by atoms with Crippen molar-refractivity contribution in [2.24, 2.45) is 0 Å². The maximum Gasteiger partial charge on any atom is 0.277 e. The van der Waals surface area contributed by atoms with Crippen molar-refractivity contribution in [3.63, 3.8) is 0 Å². The fraction of sp³-hybridized carbons (Fsp3) is 0.312. The Morgan fingerprint density at radius 2 is 2.04 bits per heavy atom. The van der Waals surface area contributed by atoms with Crippen LogP contribution >= 0.6 is 23.1 Å². The molecule has 25 heavy (non-hydrogen) atoms. The number of carbonyl (C=O) groups excluding carboxylic acids is 1. The summed E-state index contributed by atoms with van der Waals surface area (Å²) in [4.78, 5) is 12.0. The van der Waals surface area contributed by atoms with Crippen LogP contribution in [0.15, 0.2) is 40.0 Å². The standard InChI is InChI=1S/C16H17N5O2S2/c1-2-6-14-19-20-15(25-14)17-12(22)10-24-16-21-18-13(23-16)9-11-7-4-3-5-8-11/h3-5,7-8H,2,6,9-10H2,1H3,(H,17,20,22). The molecule has 130 valence electrons. The zero-order valence-corrected chi connectivity index (χ0v) is 15.3. The van der Waals surface area contributed by atoms with Gasteiger partial charge in [-0.2, -0.15) is 0 Å². The molecule has 2 heterocycles. The fourth-order valence-electron chi connectivity index (χ4n) is 2.04. The number of anilines is 1. The van der Waals surface area contributed by atoms with Crippen LogP contribution in [-0.2, 0) is 17.6 Å². The number of thioether (sulfide) groups is 1. The summed E-state index contributed by atoms with van der Waals surface area (Å²) in [5, 5.41) is 20.5. The van der Waals surface area contributed by atoms with Crippen molar-refractivity contribution in [2.45, 2.75) is 31.4 Å². The molecular weight excluding hydrogens is 358 g/mol. The summed E-state index contributed by atoms with van der Waals surface area (Å²) in [6, 6.07) is 9.88. The average Bonchev–Trinajstić information content (AvgIpc) is 3.24. The van der Waals surface area contributed by atoms with E-state index in [1.807, 2.05) is 30.3 Å². The molecule has 0 radical (unpaired) electrons. The molecule has 0 atom stereocenters. The number of amides is 1. The zero-order valence-electron chi connectivity index (χ0n) is 13.6. The van der Waals surface area contributed by atoms with Gasteiger partial charge in [-0.05, 0) is 12.0 Å². The highest BCUT2D eigenvalue weighted by atomic mass is 32.2. The van der Waals surface area contributed by atoms with E-state index in [1.54, 1.807) is 0 Å². The Balaban J connectivity index is 1.47. The average molecular weight is 375 g/mol. The van der Waals surface area contributed by atoms with Crippen molar-refractivity contribution in [1.29, 1.82) is 0 Å². The van der Waals surface area contributed by atoms with Crippen LogP contribution in [0.3, 0.4) is 0 Å². The third-order valence-electron chi connectivity index (χ3n) is 3.15. The van der Waals surface area contributed by atoms with E-state index in [2.05, 4.69) is 32.6 Å². The first-order valence-corrected chi connectivity index (χ1v) is 9.64. The smallest absolute Gasteiger partial charge is 0.277 e. The van der Waals surface area contributed by atoms with Crippen LogP contribution in [0, 0.1) is 0 Å². The van der Waals surface area contributed by atoms with Crippen molar-refractivity contribution in [3.8, 4) is 0 Å². The van der Waals surface area contributed by atoms with E-state index >= 15 is 0 Å². The van der Waals surface area contributed by atoms with Gasteiger partial charge >= 0.3 is 0 Å². The minimum Gasteiger partial charge on any atom is -0.416 e. The van der Waals surface area contributed by atoms with Crippen LogP contribution in [0.2, 0.25) is 0 Å². The molecule has 0 aliphatic rings. The van der Waals surface area contributed by atoms with Gasteiger partial charge in [-0.3, -0.25) is 10.1 Å². The molecular formula is C16H17N5O2S2. The highest BCUT2D eigenvalue weighted by Gasteiger charge is 2.12. The fourth-order valence-corrected chi connectivity index (χ4v) is 3.48. The molecule has 2 aromatic heterocycles. The lowest BCUT2D eigenvalue weighted by Crippen LogP contribution is -2.13. The Morgan fingerprint density at radius 3 is 2.84 bits per heavy atom. The van der Waals surface area contributed by atoms with E-state index in [0.717, 1.165) is 23.4 Å². The lowest BCUT2D eigenvalue weighted by atomic mass is 10.2. The molecule has 0 saturated heterocycles. The minimum atomic E-state index is -0.174. The third kappa shape index (κ3) is 5.36. The number of rotatable bonds is 8. The van der Waals surface area contributed by atoms with E-state index in [4.69, 9.17) is 4.42 Å². The zero-order chi connectivity index (χ0) is 17.5. The summed E-state index contributed by atoms with van der Waals surface area (Å²) in [5.41, 5.74) is 1.10. The number of hydrogen-bond acceptors (Lipinski definition) is 8. The molecule has 3 rings (SSSR count). The largest absolute Gasteiger partial charge is 0.416 e. The van der Waals surface area contributed by atoms with Crippen molar-refractivity contribution in [3.05, 3.63) is 46.8 Å². The first kappa shape index (κ1) is 17.6. The predicted molar refractivity (Wildman–Crippen MR) is 96.8 cm³/mol. The van der Waals surface area contributed by atoms with Crippen LogP contribution in [0.5, 0.6) is 0 Å². The third-order valence-corrected chi connectivity index (χ3v) is 4.87. The number of nitrogens with one attached hydrogen (secondary N) is 1. The molecule has 0 spiro atoms. The van der Waals surface area contributed by atoms with Crippen LogP contribution in [0.4, 0.5) is 5.13 Å². The normalized spacial score (nSPS) is 10.8. The van der Waals surface area contributed by atoms with Crippen molar-refractivity contribution in [2.75, 3.05) is 11.1 Å². The molecule has 1 amide bonds. The van der Waals surface area contributed by atoms with Gasteiger partial charge in [-0.25, -0.2) is 0 Å². The Bertz CT molecular complexity index is 819. The van der Waals surface area contributed by atoms with Gasteiger partial charge in [0, 0.05) is 6.42 Å². The van der Waals surface area contributed by atoms with E-state index in [9.17, 15) is 4.79 Å². The van der Waals surface area contributed by atoms with Crippen molar-refractivity contribution in [1.82, 2.24) is 20.4 Å². The van der Waals surface area contributed by atoms with Crippen LogP contribution in [-0.4, -0.2) is 32.1 Å². The molecule has 0 fully saturated rings. The maximum atomic E-state index is 12.0. The second-order valence-corrected chi connectivity index (χ2v) is 7.20. The number of hydrogen-bond donors (Lipinski definition) is 1. The van der Waals surface area contributed by atoms with E-state index in [-0.39, 0.29) is 11.7 Å². The summed E-state index contributed by atoms with van der Waals surface area (Å²) in [6.45, 7) is 2.08. The lowest BCUT2D eigenvalue weighted by molar-refractivity contribution is -0.113. The highest BCUT2D eigenvalue weighted by molar-refractivity contribution is 7.99. The topological polar surface area (TPSA) is 93.8 Å². The van der Waals surface area contributed by atoms with E-state index < -0.39 is 0 Å². The first-order chi connectivity index (χ1) is 12.2. The van der Waals surface area contributed by atoms with Crippen LogP contribution in [0.1, 0.15) is 29.8 Å². The van der Waals surface area contributed by atoms with Crippen LogP contribution < -0.4 is 5.32 Å². The number of aromatic nitrogens is 4. The molecule has 0 aliphatic heterocycles. The second kappa shape index (κ2) is 8.72. The van der Waals surface area contributed by atoms with Gasteiger partial charge in [0.1, 0.15) is 5.01 Å². The predicted octanol–water partition coefficient (Wildman–Crippen LogP) is 3.20. The van der Waals surface area contributed by atoms with Crippen molar-refractivity contribution < 1.29 is 9.21 Å². The van der Waals surface area contributed by atoms with Gasteiger partial charge < -0.3 is 4.42 Å². The molecule has 3 aromatic rings. The SMILES string of the molecule is CCCc1nnc(NC(=O)CSc2nnc(Cc3ccccc3)o2)s1. The van der Waals surface area contributed by atoms with Gasteiger partial charge in [-0.15, -0.1) is 20.4 Å². The van der Waals surface area contributed by atoms with Crippen molar-refractivity contribution >= 4 is 34.1 Å². The minimum absolute atomic E-state index is 0.174. The molecule has 1 N–H and O–H groups in total. The molecule has 1 aromatic carbocycles. The Labute approximate surface area is 153 Å². The van der Waals surface area contributed by atoms with Gasteiger partial charge in [0.05, 0.1) is 12.2 Å². The van der Waals surface area contributed by atoms with Gasteiger partial charge in [0.15, 0.2) is 0 Å². The molecule has 0 saturated carbocycles. The summed E-state index contributed by atoms with van der Waals surface area (Å²) in [7, 11) is 0. The lowest BCUT2D eigenvalue weighted by Gasteiger charge is -1.98. The second-order valence-electron chi connectivity index (χ2n) is 5.21. The molecule has 0 bridgehead atoms. The molecule has 7 nitrogen and oxygen atoms in total. The summed E-state index contributed by atoms with van der Waals surface area (Å²) in [5.74, 6) is 0.532. The molecule has 0 aliphatic carbocycles. The Hall–Kier alpha value is -2.26. The summed E-state index contributed by atoms with van der Waals surface area (Å²) < 4.78 is 5.56. The number of aryl methyl sites for hydroxylation is 1. The Morgan fingerprint density at radius 1 is 1.20 bits per heavy atom. The first-order valence-electron chi connectivity index (χ1n) is 7.84. The van der Waals surface area contributed by atoms with Gasteiger partial charge in [0.25, 0.3) is 5.22 Å². The number of nitrogens with zero attached hydrogens (tertiary/aromatic N) is 4. The Kier molecular flexibility index (Phi) is 6.13. The van der Waals surface area contributed by atoms with E-state index in [0.29, 0.717) is 22.7 Å². The monoisotopic (exact) mass is 375 g/mol. The highest BCUT2D eigenvalue weighted by Crippen LogP contribution is 2.20. The summed E-state index contributed by atoms with van der Waals surface area (Å²) >= 11 is 2.60. The molecule has 9 heteroatoms. The molecule has 0 unspecified atom stereocenters. The van der Waals surface area contributed by atoms with Crippen LogP contribution in [0.25, 0.3) is 0 Å².